The summed E-state index contributed by atoms with van der Waals surface area (Å²) in [6.07, 6.45) is 2.88. The summed E-state index contributed by atoms with van der Waals surface area (Å²) in [5.41, 5.74) is 8.60. The molecule has 1 aromatic rings. The van der Waals surface area contributed by atoms with Crippen molar-refractivity contribution < 1.29 is 14.4 Å². The van der Waals surface area contributed by atoms with Gasteiger partial charge in [0, 0.05) is 31.6 Å². The number of nitrogens with two attached hydrogens (primary N) is 1. The molecule has 7 nitrogen and oxygen atoms in total. The van der Waals surface area contributed by atoms with Gasteiger partial charge in [-0.3, -0.25) is 19.7 Å². The molecule has 3 amide bonds. The van der Waals surface area contributed by atoms with E-state index in [1.54, 1.807) is 4.90 Å². The largest absolute Gasteiger partial charge is 0.329 e. The van der Waals surface area contributed by atoms with E-state index >= 15 is 0 Å². The van der Waals surface area contributed by atoms with Crippen molar-refractivity contribution in [2.24, 2.45) is 5.73 Å². The van der Waals surface area contributed by atoms with E-state index in [0.29, 0.717) is 31.0 Å². The average molecular weight is 370 g/mol. The molecule has 2 fully saturated rings. The van der Waals surface area contributed by atoms with Crippen molar-refractivity contribution in [3.63, 3.8) is 0 Å². The van der Waals surface area contributed by atoms with Gasteiger partial charge in [-0.1, -0.05) is 12.1 Å². The average Bonchev–Trinajstić information content (AvgIpc) is 2.98. The van der Waals surface area contributed by atoms with Gasteiger partial charge in [-0.25, -0.2) is 0 Å². The molecule has 0 bridgehead atoms. The van der Waals surface area contributed by atoms with Crippen LogP contribution in [0.25, 0.3) is 0 Å². The highest BCUT2D eigenvalue weighted by molar-refractivity contribution is 6.05. The molecule has 3 heterocycles. The van der Waals surface area contributed by atoms with Gasteiger partial charge in [0.15, 0.2) is 0 Å². The smallest absolute Gasteiger partial charge is 0.255 e. The van der Waals surface area contributed by atoms with E-state index in [-0.39, 0.29) is 24.1 Å². The van der Waals surface area contributed by atoms with Crippen LogP contribution in [0.4, 0.5) is 0 Å². The third kappa shape index (κ3) is 3.49. The maximum atomic E-state index is 12.8. The van der Waals surface area contributed by atoms with E-state index in [2.05, 4.69) is 22.3 Å². The number of hydrogen-bond acceptors (Lipinski definition) is 5. The van der Waals surface area contributed by atoms with Crippen LogP contribution in [0.15, 0.2) is 18.2 Å². The lowest BCUT2D eigenvalue weighted by atomic mass is 9.88. The van der Waals surface area contributed by atoms with E-state index in [4.69, 9.17) is 5.73 Å². The van der Waals surface area contributed by atoms with Crippen LogP contribution in [0, 0.1) is 0 Å². The Kier molecular flexibility index (Phi) is 4.97. The van der Waals surface area contributed by atoms with E-state index in [0.717, 1.165) is 38.0 Å². The zero-order chi connectivity index (χ0) is 19.0. The number of carbonyl (C=O) groups excluding carboxylic acids is 3. The van der Waals surface area contributed by atoms with Gasteiger partial charge in [0.1, 0.15) is 6.04 Å². The maximum Gasteiger partial charge on any atom is 0.255 e. The van der Waals surface area contributed by atoms with Gasteiger partial charge < -0.3 is 15.5 Å². The molecule has 0 aliphatic carbocycles. The second-order valence-corrected chi connectivity index (χ2v) is 7.72. The van der Waals surface area contributed by atoms with Crippen LogP contribution in [0.2, 0.25) is 0 Å². The molecule has 0 saturated carbocycles. The lowest BCUT2D eigenvalue weighted by molar-refractivity contribution is -0.136. The number of imide groups is 1. The lowest BCUT2D eigenvalue weighted by Gasteiger charge is -2.32. The van der Waals surface area contributed by atoms with Crippen molar-refractivity contribution >= 4 is 17.7 Å². The summed E-state index contributed by atoms with van der Waals surface area (Å²) in [7, 11) is 0. The van der Waals surface area contributed by atoms with Gasteiger partial charge in [-0.15, -0.1) is 0 Å². The predicted molar refractivity (Wildman–Crippen MR) is 100.0 cm³/mol. The first-order chi connectivity index (χ1) is 13.1. The highest BCUT2D eigenvalue weighted by Gasteiger charge is 2.39. The SMILES string of the molecule is NCCN1CCC(c2ccc3c(c2)CN(C2CCC(=O)NC2=O)C3=O)CC1. The topological polar surface area (TPSA) is 95.7 Å². The molecule has 1 atom stereocenters. The Labute approximate surface area is 158 Å². The normalized spacial score (nSPS) is 24.3. The molecule has 0 radical (unpaired) electrons. The lowest BCUT2D eigenvalue weighted by Crippen LogP contribution is -2.52. The van der Waals surface area contributed by atoms with Crippen LogP contribution >= 0.6 is 0 Å². The number of hydrogen-bond donors (Lipinski definition) is 2. The molecular weight excluding hydrogens is 344 g/mol. The molecule has 2 saturated heterocycles. The first-order valence-corrected chi connectivity index (χ1v) is 9.76. The highest BCUT2D eigenvalue weighted by atomic mass is 16.2. The third-order valence-corrected chi connectivity index (χ3v) is 6.05. The Morgan fingerprint density at radius 1 is 1.11 bits per heavy atom. The minimum atomic E-state index is -0.550. The van der Waals surface area contributed by atoms with Crippen LogP contribution < -0.4 is 11.1 Å². The summed E-state index contributed by atoms with van der Waals surface area (Å²) in [5, 5.41) is 2.35. The van der Waals surface area contributed by atoms with Gasteiger partial charge in [-0.05, 0) is 55.5 Å². The third-order valence-electron chi connectivity index (χ3n) is 6.05. The quantitative estimate of drug-likeness (QED) is 0.756. The van der Waals surface area contributed by atoms with Crippen LogP contribution in [-0.4, -0.2) is 59.7 Å². The number of nitrogens with zero attached hydrogens (tertiary/aromatic N) is 2. The molecule has 1 unspecified atom stereocenters. The standard InChI is InChI=1S/C20H26N4O3/c21-7-10-23-8-5-13(6-9-23)14-1-2-16-15(11-14)12-24(20(16)27)17-3-4-18(25)22-19(17)26/h1-2,11,13,17H,3-10,12,21H2,(H,22,25,26). The zero-order valence-corrected chi connectivity index (χ0v) is 15.4. The zero-order valence-electron chi connectivity index (χ0n) is 15.4. The Balaban J connectivity index is 1.47. The van der Waals surface area contributed by atoms with Crippen LogP contribution in [0.1, 0.15) is 53.1 Å². The van der Waals surface area contributed by atoms with Crippen LogP contribution in [0.3, 0.4) is 0 Å². The molecule has 1 aromatic carbocycles. The summed E-state index contributed by atoms with van der Waals surface area (Å²) in [5.74, 6) is -0.225. The van der Waals surface area contributed by atoms with E-state index in [1.165, 1.54) is 5.56 Å². The van der Waals surface area contributed by atoms with Gasteiger partial charge in [0.2, 0.25) is 11.8 Å². The number of amides is 3. The van der Waals surface area contributed by atoms with Gasteiger partial charge in [0.25, 0.3) is 5.91 Å². The second kappa shape index (κ2) is 7.40. The molecule has 3 aliphatic rings. The Bertz CT molecular complexity index is 770. The number of fused-ring (bicyclic) bond motifs is 1. The Morgan fingerprint density at radius 2 is 1.89 bits per heavy atom. The molecule has 144 valence electrons. The number of benzene rings is 1. The van der Waals surface area contributed by atoms with Crippen molar-refractivity contribution in [2.45, 2.75) is 44.2 Å². The van der Waals surface area contributed by atoms with Crippen molar-refractivity contribution in [1.82, 2.24) is 15.1 Å². The molecule has 4 rings (SSSR count). The fraction of sp³-hybridized carbons (Fsp3) is 0.550. The molecule has 3 N–H and O–H groups in total. The van der Waals surface area contributed by atoms with Gasteiger partial charge in [0.05, 0.1) is 0 Å². The first-order valence-electron chi connectivity index (χ1n) is 9.76. The first kappa shape index (κ1) is 18.1. The molecule has 27 heavy (non-hydrogen) atoms. The van der Waals surface area contributed by atoms with Crippen molar-refractivity contribution in [3.8, 4) is 0 Å². The Morgan fingerprint density at radius 3 is 2.59 bits per heavy atom. The number of nitrogens with one attached hydrogen (secondary N) is 1. The fourth-order valence-corrected chi connectivity index (χ4v) is 4.52. The monoisotopic (exact) mass is 370 g/mol. The summed E-state index contributed by atoms with van der Waals surface area (Å²) >= 11 is 0. The summed E-state index contributed by atoms with van der Waals surface area (Å²) in [6, 6.07) is 5.56. The Hall–Kier alpha value is -2.25. The molecule has 3 aliphatic heterocycles. The van der Waals surface area contributed by atoms with Crippen molar-refractivity contribution in [1.29, 1.82) is 0 Å². The summed E-state index contributed by atoms with van der Waals surface area (Å²) < 4.78 is 0. The number of rotatable bonds is 4. The van der Waals surface area contributed by atoms with E-state index < -0.39 is 6.04 Å². The van der Waals surface area contributed by atoms with Gasteiger partial charge >= 0.3 is 0 Å². The molecule has 0 spiro atoms. The van der Waals surface area contributed by atoms with Crippen molar-refractivity contribution in [3.05, 3.63) is 34.9 Å². The molecular formula is C20H26N4O3. The summed E-state index contributed by atoms with van der Waals surface area (Å²) in [6.45, 7) is 4.20. The minimum absolute atomic E-state index is 0.108. The fourth-order valence-electron chi connectivity index (χ4n) is 4.52. The molecule has 0 aromatic heterocycles. The second-order valence-electron chi connectivity index (χ2n) is 7.72. The van der Waals surface area contributed by atoms with Gasteiger partial charge in [-0.2, -0.15) is 0 Å². The maximum absolute atomic E-state index is 12.8. The van der Waals surface area contributed by atoms with E-state index in [1.807, 2.05) is 6.07 Å². The highest BCUT2D eigenvalue weighted by Crippen LogP contribution is 2.33. The van der Waals surface area contributed by atoms with Crippen LogP contribution in [0.5, 0.6) is 0 Å². The van der Waals surface area contributed by atoms with Crippen molar-refractivity contribution in [2.75, 3.05) is 26.2 Å². The minimum Gasteiger partial charge on any atom is -0.329 e. The number of likely N-dealkylation sites (tertiary alicyclic amines) is 1. The number of piperidine rings is 2. The number of carbonyl (C=O) groups is 3. The predicted octanol–water partition coefficient (Wildman–Crippen LogP) is 0.586. The molecule has 7 heteroatoms. The summed E-state index contributed by atoms with van der Waals surface area (Å²) in [4.78, 5) is 40.3. The van der Waals surface area contributed by atoms with E-state index in [9.17, 15) is 14.4 Å². The van der Waals surface area contributed by atoms with Crippen LogP contribution in [-0.2, 0) is 16.1 Å².